The number of aliphatic hydroxyl groups excluding tert-OH is 1. The lowest BCUT2D eigenvalue weighted by Gasteiger charge is -2.20. The quantitative estimate of drug-likeness (QED) is 0.400. The molecule has 1 aliphatic rings. The van der Waals surface area contributed by atoms with Crippen molar-refractivity contribution in [3.05, 3.63) is 77.0 Å². The third kappa shape index (κ3) is 6.06. The zero-order valence-electron chi connectivity index (χ0n) is 21.0. The number of hydrogen-bond acceptors (Lipinski definition) is 7. The van der Waals surface area contributed by atoms with E-state index in [0.29, 0.717) is 0 Å². The first kappa shape index (κ1) is 28.5. The number of carbonyl (C=O) groups is 2. The van der Waals surface area contributed by atoms with E-state index in [-0.39, 0.29) is 35.1 Å². The van der Waals surface area contributed by atoms with Crippen LogP contribution in [0.25, 0.3) is 0 Å². The molecule has 9 nitrogen and oxygen atoms in total. The van der Waals surface area contributed by atoms with Gasteiger partial charge in [-0.05, 0) is 24.3 Å². The highest BCUT2D eigenvalue weighted by Crippen LogP contribution is 2.37. The van der Waals surface area contributed by atoms with Crippen LogP contribution in [-0.2, 0) is 11.4 Å². The van der Waals surface area contributed by atoms with Crippen LogP contribution in [0.5, 0.6) is 17.2 Å². The van der Waals surface area contributed by atoms with Gasteiger partial charge in [-0.3, -0.25) is 14.5 Å². The molecule has 2 aromatic carbocycles. The van der Waals surface area contributed by atoms with Crippen molar-refractivity contribution in [2.75, 3.05) is 25.7 Å². The normalized spacial score (nSPS) is 17.1. The molecule has 0 bridgehead atoms. The Labute approximate surface area is 224 Å². The number of rotatable bonds is 8. The number of alkyl halides is 3. The maximum Gasteiger partial charge on any atom is 0.573 e. The van der Waals surface area contributed by atoms with Crippen LogP contribution in [0.1, 0.15) is 27.5 Å². The van der Waals surface area contributed by atoms with E-state index < -0.39 is 59.7 Å². The van der Waals surface area contributed by atoms with Gasteiger partial charge in [0.1, 0.15) is 40.7 Å². The number of nitrogens with zero attached hydrogens (tertiary/aromatic N) is 2. The summed E-state index contributed by atoms with van der Waals surface area (Å²) in [6.07, 6.45) is -4.94. The number of amides is 2. The molecule has 14 heteroatoms. The lowest BCUT2D eigenvalue weighted by molar-refractivity contribution is -0.274. The highest BCUT2D eigenvalue weighted by atomic mass is 19.4. The second kappa shape index (κ2) is 11.3. The van der Waals surface area contributed by atoms with Gasteiger partial charge < -0.3 is 24.6 Å². The average Bonchev–Trinajstić information content (AvgIpc) is 3.22. The number of nitrogens with one attached hydrogen (secondary N) is 1. The molecule has 0 spiro atoms. The molecule has 1 fully saturated rings. The highest BCUT2D eigenvalue weighted by Gasteiger charge is 2.46. The van der Waals surface area contributed by atoms with Crippen LogP contribution in [-0.4, -0.2) is 55.1 Å². The fourth-order valence-electron chi connectivity index (χ4n) is 4.31. The Balaban J connectivity index is 1.71. The minimum Gasteiger partial charge on any atom is -0.497 e. The topological polar surface area (TPSA) is 110 Å². The van der Waals surface area contributed by atoms with Gasteiger partial charge in [0.15, 0.2) is 0 Å². The Hall–Kier alpha value is -4.46. The van der Waals surface area contributed by atoms with Gasteiger partial charge in [-0.2, -0.15) is 0 Å². The van der Waals surface area contributed by atoms with Crippen LogP contribution in [0.3, 0.4) is 0 Å². The molecule has 2 N–H and O–H groups in total. The summed E-state index contributed by atoms with van der Waals surface area (Å²) in [5, 5.41) is 12.0. The van der Waals surface area contributed by atoms with Crippen molar-refractivity contribution >= 4 is 17.6 Å². The van der Waals surface area contributed by atoms with E-state index in [1.165, 1.54) is 26.4 Å². The highest BCUT2D eigenvalue weighted by molar-refractivity contribution is 6.04. The monoisotopic (exact) mass is 567 g/mol. The van der Waals surface area contributed by atoms with Crippen LogP contribution >= 0.6 is 0 Å². The number of pyridine rings is 1. The SMILES string of the molecule is COc1cc(CO)nc(N2C[C@@H](c3c(F)cc(OC)cc3F)[C@H](NC(=O)c3ccc(OC(F)(F)F)cc3)C2=O)c1. The molecule has 40 heavy (non-hydrogen) atoms. The largest absolute Gasteiger partial charge is 0.573 e. The average molecular weight is 567 g/mol. The first-order chi connectivity index (χ1) is 18.9. The summed E-state index contributed by atoms with van der Waals surface area (Å²) in [5.74, 6) is -5.44. The summed E-state index contributed by atoms with van der Waals surface area (Å²) < 4.78 is 81.5. The number of halogens is 5. The van der Waals surface area contributed by atoms with Gasteiger partial charge in [-0.25, -0.2) is 13.8 Å². The minimum absolute atomic E-state index is 0.00173. The molecule has 212 valence electrons. The molecule has 2 heterocycles. The van der Waals surface area contributed by atoms with E-state index in [1.807, 2.05) is 0 Å². The van der Waals surface area contributed by atoms with E-state index in [9.17, 15) is 27.9 Å². The Morgan fingerprint density at radius 2 is 1.62 bits per heavy atom. The molecule has 3 aromatic rings. The molecular weight excluding hydrogens is 545 g/mol. The smallest absolute Gasteiger partial charge is 0.497 e. The lowest BCUT2D eigenvalue weighted by atomic mass is 9.92. The molecule has 2 atom stereocenters. The second-order valence-electron chi connectivity index (χ2n) is 8.60. The summed E-state index contributed by atoms with van der Waals surface area (Å²) in [4.78, 5) is 31.9. The van der Waals surface area contributed by atoms with Gasteiger partial charge in [0.2, 0.25) is 0 Å². The Morgan fingerprint density at radius 1 is 1.02 bits per heavy atom. The molecular formula is C26H22F5N3O6. The number of carbonyl (C=O) groups excluding carboxylic acids is 2. The maximum absolute atomic E-state index is 15.1. The lowest BCUT2D eigenvalue weighted by Crippen LogP contribution is -2.44. The summed E-state index contributed by atoms with van der Waals surface area (Å²) in [7, 11) is 2.57. The molecule has 0 radical (unpaired) electrons. The molecule has 2 amide bonds. The third-order valence-electron chi connectivity index (χ3n) is 6.12. The van der Waals surface area contributed by atoms with Gasteiger partial charge in [0, 0.05) is 47.9 Å². The summed E-state index contributed by atoms with van der Waals surface area (Å²) in [5.41, 5.74) is -0.493. The summed E-state index contributed by atoms with van der Waals surface area (Å²) >= 11 is 0. The van der Waals surface area contributed by atoms with E-state index in [1.54, 1.807) is 0 Å². The van der Waals surface area contributed by atoms with Gasteiger partial charge in [-0.15, -0.1) is 13.2 Å². The van der Waals surface area contributed by atoms with E-state index in [4.69, 9.17) is 9.47 Å². The van der Waals surface area contributed by atoms with Crippen molar-refractivity contribution < 1.29 is 50.9 Å². The molecule has 0 unspecified atom stereocenters. The second-order valence-corrected chi connectivity index (χ2v) is 8.60. The number of aromatic nitrogens is 1. The van der Waals surface area contributed by atoms with Crippen molar-refractivity contribution in [3.8, 4) is 17.2 Å². The minimum atomic E-state index is -4.94. The zero-order valence-corrected chi connectivity index (χ0v) is 21.0. The van der Waals surface area contributed by atoms with E-state index in [2.05, 4.69) is 15.0 Å². The van der Waals surface area contributed by atoms with E-state index >= 15 is 8.78 Å². The first-order valence-corrected chi connectivity index (χ1v) is 11.6. The maximum atomic E-state index is 15.1. The number of anilines is 1. The van der Waals surface area contributed by atoms with Crippen molar-refractivity contribution in [1.29, 1.82) is 0 Å². The Morgan fingerprint density at radius 3 is 2.17 bits per heavy atom. The number of hydrogen-bond donors (Lipinski definition) is 2. The van der Waals surface area contributed by atoms with Crippen LogP contribution in [0.15, 0.2) is 48.5 Å². The number of methoxy groups -OCH3 is 2. The molecule has 1 aliphatic heterocycles. The predicted molar refractivity (Wildman–Crippen MR) is 129 cm³/mol. The first-order valence-electron chi connectivity index (χ1n) is 11.6. The van der Waals surface area contributed by atoms with Crippen LogP contribution in [0.2, 0.25) is 0 Å². The Kier molecular flexibility index (Phi) is 8.09. The van der Waals surface area contributed by atoms with Crippen molar-refractivity contribution in [3.63, 3.8) is 0 Å². The van der Waals surface area contributed by atoms with Gasteiger partial charge in [0.05, 0.1) is 26.5 Å². The van der Waals surface area contributed by atoms with Crippen LogP contribution < -0.4 is 24.4 Å². The van der Waals surface area contributed by atoms with Crippen LogP contribution in [0.4, 0.5) is 27.8 Å². The predicted octanol–water partition coefficient (Wildman–Crippen LogP) is 3.70. The molecule has 4 rings (SSSR count). The zero-order chi connectivity index (χ0) is 29.2. The fraction of sp³-hybridized carbons (Fsp3) is 0.269. The molecule has 1 saturated heterocycles. The molecule has 1 aromatic heterocycles. The fourth-order valence-corrected chi connectivity index (χ4v) is 4.31. The van der Waals surface area contributed by atoms with Crippen LogP contribution in [0, 0.1) is 11.6 Å². The van der Waals surface area contributed by atoms with E-state index in [0.717, 1.165) is 41.3 Å². The van der Waals surface area contributed by atoms with Gasteiger partial charge in [-0.1, -0.05) is 0 Å². The number of aliphatic hydroxyl groups is 1. The molecule has 0 aliphatic carbocycles. The van der Waals surface area contributed by atoms with Crippen molar-refractivity contribution in [1.82, 2.24) is 10.3 Å². The standard InChI is InChI=1S/C26H22F5N3O6/c1-38-16-7-14(12-35)32-21(10-16)34-11-18(22-19(27)8-17(39-2)9-20(22)28)23(25(34)37)33-24(36)13-3-5-15(6-4-13)40-26(29,30)31/h3-10,18,23,35H,11-12H2,1-2H3,(H,33,36)/t18-,23-/m0/s1. The number of benzene rings is 2. The van der Waals surface area contributed by atoms with Gasteiger partial charge in [0.25, 0.3) is 11.8 Å². The molecule has 0 saturated carbocycles. The Bertz CT molecular complexity index is 1370. The summed E-state index contributed by atoms with van der Waals surface area (Å²) in [6.45, 7) is -0.820. The third-order valence-corrected chi connectivity index (χ3v) is 6.12. The van der Waals surface area contributed by atoms with Crippen molar-refractivity contribution in [2.45, 2.75) is 24.9 Å². The number of ether oxygens (including phenoxy) is 3. The summed E-state index contributed by atoms with van der Waals surface area (Å²) in [6, 6.07) is 7.03. The van der Waals surface area contributed by atoms with Gasteiger partial charge >= 0.3 is 6.36 Å². The van der Waals surface area contributed by atoms with Crippen molar-refractivity contribution in [2.24, 2.45) is 0 Å².